The van der Waals surface area contributed by atoms with Crippen LogP contribution in [0, 0.1) is 0 Å². The molecule has 0 saturated carbocycles. The molecule has 0 atom stereocenters. The zero-order chi connectivity index (χ0) is 22.1. The third-order valence-electron chi connectivity index (χ3n) is 3.87. The number of carbonyl (C=O) groups excluding carboxylic acids is 2. The van der Waals surface area contributed by atoms with Crippen molar-refractivity contribution < 1.29 is 27.5 Å². The van der Waals surface area contributed by atoms with Gasteiger partial charge >= 0.3 is 5.97 Å². The largest absolute Gasteiger partial charge is 0.494 e. The van der Waals surface area contributed by atoms with Crippen LogP contribution in [0.2, 0.25) is 0 Å². The van der Waals surface area contributed by atoms with Crippen LogP contribution in [0.15, 0.2) is 59.5 Å². The summed E-state index contributed by atoms with van der Waals surface area (Å²) in [6.07, 6.45) is 2.80. The molecule has 2 aromatic rings. The maximum atomic E-state index is 12.0. The van der Waals surface area contributed by atoms with Crippen LogP contribution in [0.4, 0.5) is 5.69 Å². The second-order valence-electron chi connectivity index (χ2n) is 6.30. The molecule has 0 heterocycles. The first-order valence-corrected chi connectivity index (χ1v) is 10.6. The summed E-state index contributed by atoms with van der Waals surface area (Å²) in [5, 5.41) is 2.53. The summed E-state index contributed by atoms with van der Waals surface area (Å²) >= 11 is 0. The highest BCUT2D eigenvalue weighted by Crippen LogP contribution is 2.16. The molecule has 2 aromatic carbocycles. The number of rotatable bonds is 9. The minimum atomic E-state index is -3.54. The van der Waals surface area contributed by atoms with Crippen molar-refractivity contribution in [3.63, 3.8) is 0 Å². The second kappa shape index (κ2) is 10.6. The van der Waals surface area contributed by atoms with E-state index in [0.29, 0.717) is 12.3 Å². The predicted molar refractivity (Wildman–Crippen MR) is 114 cm³/mol. The number of nitrogens with zero attached hydrogens (tertiary/aromatic N) is 1. The van der Waals surface area contributed by atoms with Crippen LogP contribution in [0.1, 0.15) is 12.5 Å². The van der Waals surface area contributed by atoms with Gasteiger partial charge in [0.05, 0.1) is 11.5 Å². The zero-order valence-electron chi connectivity index (χ0n) is 17.0. The van der Waals surface area contributed by atoms with Gasteiger partial charge in [0.2, 0.25) is 10.0 Å². The highest BCUT2D eigenvalue weighted by molar-refractivity contribution is 7.89. The van der Waals surface area contributed by atoms with E-state index in [-0.39, 0.29) is 4.90 Å². The number of ether oxygens (including phenoxy) is 2. The normalized spacial score (nSPS) is 11.5. The Bertz CT molecular complexity index is 997. The van der Waals surface area contributed by atoms with Crippen LogP contribution >= 0.6 is 0 Å². The number of sulfonamides is 1. The van der Waals surface area contributed by atoms with Crippen molar-refractivity contribution in [3.05, 3.63) is 60.2 Å². The molecule has 0 bridgehead atoms. The Morgan fingerprint density at radius 3 is 2.23 bits per heavy atom. The lowest BCUT2D eigenvalue weighted by Gasteiger charge is -2.12. The van der Waals surface area contributed by atoms with E-state index in [1.807, 2.05) is 6.92 Å². The van der Waals surface area contributed by atoms with E-state index < -0.39 is 28.5 Å². The monoisotopic (exact) mass is 432 g/mol. The van der Waals surface area contributed by atoms with E-state index in [0.717, 1.165) is 15.6 Å². The van der Waals surface area contributed by atoms with Gasteiger partial charge in [0.1, 0.15) is 5.75 Å². The van der Waals surface area contributed by atoms with Crippen LogP contribution in [0.3, 0.4) is 0 Å². The maximum absolute atomic E-state index is 12.0. The summed E-state index contributed by atoms with van der Waals surface area (Å²) in [4.78, 5) is 23.8. The second-order valence-corrected chi connectivity index (χ2v) is 8.45. The number of amides is 1. The van der Waals surface area contributed by atoms with Crippen LogP contribution < -0.4 is 10.1 Å². The molecule has 0 unspecified atom stereocenters. The number of esters is 1. The summed E-state index contributed by atoms with van der Waals surface area (Å²) < 4.78 is 35.4. The van der Waals surface area contributed by atoms with E-state index in [2.05, 4.69) is 5.32 Å². The first kappa shape index (κ1) is 23.1. The lowest BCUT2D eigenvalue weighted by atomic mass is 10.2. The Hall–Kier alpha value is -3.17. The van der Waals surface area contributed by atoms with Gasteiger partial charge in [-0.05, 0) is 55.0 Å². The molecule has 0 aromatic heterocycles. The first-order valence-electron chi connectivity index (χ1n) is 9.12. The summed E-state index contributed by atoms with van der Waals surface area (Å²) in [7, 11) is -0.673. The molecule has 9 heteroatoms. The van der Waals surface area contributed by atoms with Crippen molar-refractivity contribution in [1.29, 1.82) is 0 Å². The molecule has 0 aliphatic carbocycles. The fourth-order valence-electron chi connectivity index (χ4n) is 2.31. The number of hydrogen-bond acceptors (Lipinski definition) is 6. The zero-order valence-corrected chi connectivity index (χ0v) is 17.8. The van der Waals surface area contributed by atoms with E-state index in [4.69, 9.17) is 9.47 Å². The molecular formula is C21H24N2O6S. The molecule has 0 fully saturated rings. The van der Waals surface area contributed by atoms with Crippen LogP contribution in [0.5, 0.6) is 5.75 Å². The van der Waals surface area contributed by atoms with Gasteiger partial charge in [-0.1, -0.05) is 12.1 Å². The van der Waals surface area contributed by atoms with E-state index in [1.165, 1.54) is 44.4 Å². The Balaban J connectivity index is 1.83. The molecule has 0 radical (unpaired) electrons. The van der Waals surface area contributed by atoms with Gasteiger partial charge < -0.3 is 14.8 Å². The average molecular weight is 432 g/mol. The summed E-state index contributed by atoms with van der Waals surface area (Å²) in [6, 6.07) is 12.9. The fourth-order valence-corrected chi connectivity index (χ4v) is 3.21. The third kappa shape index (κ3) is 6.71. The Morgan fingerprint density at radius 2 is 1.67 bits per heavy atom. The van der Waals surface area contributed by atoms with Gasteiger partial charge in [-0.2, -0.15) is 0 Å². The standard InChI is InChI=1S/C21H24N2O6S/c1-4-28-18-10-5-16(6-11-18)7-14-21(25)29-15-20(24)22-17-8-12-19(13-9-17)30(26,27)23(2)3/h5-14H,4,15H2,1-3H3,(H,22,24)/b14-7+. The molecule has 8 nitrogen and oxygen atoms in total. The molecule has 0 aliphatic heterocycles. The van der Waals surface area contributed by atoms with Crippen molar-refractivity contribution in [2.24, 2.45) is 0 Å². The van der Waals surface area contributed by atoms with Crippen LogP contribution in [0.25, 0.3) is 6.08 Å². The highest BCUT2D eigenvalue weighted by Gasteiger charge is 2.16. The molecule has 0 saturated heterocycles. The van der Waals surface area contributed by atoms with Crippen molar-refractivity contribution in [1.82, 2.24) is 4.31 Å². The van der Waals surface area contributed by atoms with Crippen molar-refractivity contribution in [2.45, 2.75) is 11.8 Å². The molecule has 160 valence electrons. The van der Waals surface area contributed by atoms with Gasteiger partial charge in [-0.15, -0.1) is 0 Å². The number of hydrogen-bond donors (Lipinski definition) is 1. The fraction of sp³-hybridized carbons (Fsp3) is 0.238. The quantitative estimate of drug-likeness (QED) is 0.483. The maximum Gasteiger partial charge on any atom is 0.331 e. The first-order chi connectivity index (χ1) is 14.2. The Kier molecular flexibility index (Phi) is 8.14. The predicted octanol–water partition coefficient (Wildman–Crippen LogP) is 2.53. The number of carbonyl (C=O) groups is 2. The minimum Gasteiger partial charge on any atom is -0.494 e. The Labute approximate surface area is 176 Å². The van der Waals surface area contributed by atoms with Gasteiger partial charge in [0.15, 0.2) is 6.61 Å². The SMILES string of the molecule is CCOc1ccc(/C=C/C(=O)OCC(=O)Nc2ccc(S(=O)(=O)N(C)C)cc2)cc1. The van der Waals surface area contributed by atoms with Crippen LogP contribution in [-0.4, -0.2) is 51.9 Å². The van der Waals surface area contributed by atoms with Crippen molar-refractivity contribution in [2.75, 3.05) is 32.6 Å². The van der Waals surface area contributed by atoms with Gasteiger partial charge in [-0.3, -0.25) is 4.79 Å². The van der Waals surface area contributed by atoms with E-state index >= 15 is 0 Å². The summed E-state index contributed by atoms with van der Waals surface area (Å²) in [5.74, 6) is -0.464. The number of nitrogens with one attached hydrogen (secondary N) is 1. The molecule has 1 N–H and O–H groups in total. The topological polar surface area (TPSA) is 102 Å². The van der Waals surface area contributed by atoms with Crippen LogP contribution in [-0.2, 0) is 24.3 Å². The highest BCUT2D eigenvalue weighted by atomic mass is 32.2. The van der Waals surface area contributed by atoms with Crippen molar-refractivity contribution in [3.8, 4) is 5.75 Å². The minimum absolute atomic E-state index is 0.108. The number of anilines is 1. The van der Waals surface area contributed by atoms with E-state index in [9.17, 15) is 18.0 Å². The smallest absolute Gasteiger partial charge is 0.331 e. The lowest BCUT2D eigenvalue weighted by Crippen LogP contribution is -2.22. The molecular weight excluding hydrogens is 408 g/mol. The molecule has 0 spiro atoms. The average Bonchev–Trinajstić information content (AvgIpc) is 2.72. The third-order valence-corrected chi connectivity index (χ3v) is 5.69. The lowest BCUT2D eigenvalue weighted by molar-refractivity contribution is -0.142. The van der Waals surface area contributed by atoms with Gasteiger partial charge in [0.25, 0.3) is 5.91 Å². The molecule has 30 heavy (non-hydrogen) atoms. The van der Waals surface area contributed by atoms with Gasteiger partial charge in [-0.25, -0.2) is 17.5 Å². The van der Waals surface area contributed by atoms with Crippen molar-refractivity contribution >= 4 is 33.7 Å². The molecule has 2 rings (SSSR count). The molecule has 0 aliphatic rings. The number of benzene rings is 2. The summed E-state index contributed by atoms with van der Waals surface area (Å²) in [6.45, 7) is 2.00. The Morgan fingerprint density at radius 1 is 1.03 bits per heavy atom. The molecule has 1 amide bonds. The van der Waals surface area contributed by atoms with E-state index in [1.54, 1.807) is 30.3 Å². The summed E-state index contributed by atoms with van der Waals surface area (Å²) in [5.41, 5.74) is 1.17. The van der Waals surface area contributed by atoms with Gasteiger partial charge in [0, 0.05) is 25.9 Å².